The first kappa shape index (κ1) is 16.2. The van der Waals surface area contributed by atoms with E-state index in [0.29, 0.717) is 12.5 Å². The molecule has 0 spiro atoms. The van der Waals surface area contributed by atoms with Crippen molar-refractivity contribution in [2.45, 2.75) is 37.6 Å². The van der Waals surface area contributed by atoms with Gasteiger partial charge in [0, 0.05) is 6.54 Å². The van der Waals surface area contributed by atoms with Gasteiger partial charge >= 0.3 is 6.18 Å². The van der Waals surface area contributed by atoms with Crippen LogP contribution in [-0.4, -0.2) is 22.6 Å². The van der Waals surface area contributed by atoms with Crippen molar-refractivity contribution in [2.24, 2.45) is 5.92 Å². The van der Waals surface area contributed by atoms with E-state index in [-0.39, 0.29) is 16.5 Å². The Labute approximate surface area is 126 Å². The summed E-state index contributed by atoms with van der Waals surface area (Å²) in [5.74, 6) is 0.371. The van der Waals surface area contributed by atoms with Crippen molar-refractivity contribution in [3.05, 3.63) is 35.4 Å². The molecule has 2 unspecified atom stereocenters. The van der Waals surface area contributed by atoms with Crippen LogP contribution in [0.1, 0.15) is 37.3 Å². The Hall–Kier alpha value is -1.17. The Morgan fingerprint density at radius 3 is 2.29 bits per heavy atom. The maximum absolute atomic E-state index is 12.6. The average molecular weight is 317 g/mol. The van der Waals surface area contributed by atoms with E-state index in [4.69, 9.17) is 0 Å². The molecule has 0 aromatic heterocycles. The molecule has 0 radical (unpaired) electrons. The van der Waals surface area contributed by atoms with Gasteiger partial charge in [0.2, 0.25) is 5.91 Å². The molecule has 1 aromatic rings. The van der Waals surface area contributed by atoms with Crippen LogP contribution in [-0.2, 0) is 11.0 Å². The van der Waals surface area contributed by atoms with Crippen LogP contribution in [0.15, 0.2) is 24.3 Å². The van der Waals surface area contributed by atoms with Gasteiger partial charge in [-0.3, -0.25) is 4.79 Å². The van der Waals surface area contributed by atoms with Gasteiger partial charge in [-0.25, -0.2) is 0 Å². The average Bonchev–Trinajstić information content (AvgIpc) is 2.66. The SMILES string of the molecule is CC(C)CN1C(=O)C(C)SC1c1ccc(C(F)(F)F)cc1. The van der Waals surface area contributed by atoms with Crippen LogP contribution in [0.3, 0.4) is 0 Å². The first-order valence-corrected chi connectivity index (χ1v) is 7.77. The van der Waals surface area contributed by atoms with Crippen molar-refractivity contribution in [1.82, 2.24) is 4.90 Å². The van der Waals surface area contributed by atoms with Crippen molar-refractivity contribution in [2.75, 3.05) is 6.54 Å². The van der Waals surface area contributed by atoms with Gasteiger partial charge in [0.1, 0.15) is 5.37 Å². The maximum atomic E-state index is 12.6. The summed E-state index contributed by atoms with van der Waals surface area (Å²) in [6.07, 6.45) is -4.33. The lowest BCUT2D eigenvalue weighted by molar-refractivity contribution is -0.137. The van der Waals surface area contributed by atoms with Gasteiger partial charge < -0.3 is 4.90 Å². The number of hydrogen-bond donors (Lipinski definition) is 0. The summed E-state index contributed by atoms with van der Waals surface area (Å²) < 4.78 is 37.8. The van der Waals surface area contributed by atoms with E-state index in [2.05, 4.69) is 0 Å². The number of nitrogens with zero attached hydrogens (tertiary/aromatic N) is 1. The van der Waals surface area contributed by atoms with Crippen LogP contribution in [0.25, 0.3) is 0 Å². The lowest BCUT2D eigenvalue weighted by atomic mass is 10.1. The number of hydrogen-bond acceptors (Lipinski definition) is 2. The smallest absolute Gasteiger partial charge is 0.325 e. The van der Waals surface area contributed by atoms with Crippen molar-refractivity contribution in [3.8, 4) is 0 Å². The van der Waals surface area contributed by atoms with E-state index in [0.717, 1.165) is 17.7 Å². The van der Waals surface area contributed by atoms with Gasteiger partial charge in [-0.05, 0) is 30.5 Å². The first-order valence-electron chi connectivity index (χ1n) is 6.83. The molecule has 0 bridgehead atoms. The summed E-state index contributed by atoms with van der Waals surface area (Å²) in [6.45, 7) is 6.49. The van der Waals surface area contributed by atoms with Crippen LogP contribution in [0.2, 0.25) is 0 Å². The molecule has 6 heteroatoms. The third-order valence-corrected chi connectivity index (χ3v) is 4.73. The molecule has 1 aliphatic heterocycles. The topological polar surface area (TPSA) is 20.3 Å². The molecule has 0 saturated carbocycles. The van der Waals surface area contributed by atoms with Crippen molar-refractivity contribution < 1.29 is 18.0 Å². The number of amides is 1. The van der Waals surface area contributed by atoms with E-state index >= 15 is 0 Å². The van der Waals surface area contributed by atoms with E-state index in [1.807, 2.05) is 20.8 Å². The highest BCUT2D eigenvalue weighted by Crippen LogP contribution is 2.43. The second kappa shape index (κ2) is 5.91. The fraction of sp³-hybridized carbons (Fsp3) is 0.533. The molecule has 1 amide bonds. The predicted molar refractivity (Wildman–Crippen MR) is 77.8 cm³/mol. The second-order valence-electron chi connectivity index (χ2n) is 5.63. The number of rotatable bonds is 3. The fourth-order valence-corrected chi connectivity index (χ4v) is 3.64. The number of alkyl halides is 3. The molecular weight excluding hydrogens is 299 g/mol. The quantitative estimate of drug-likeness (QED) is 0.827. The van der Waals surface area contributed by atoms with Gasteiger partial charge in [0.25, 0.3) is 0 Å². The molecule has 1 heterocycles. The minimum Gasteiger partial charge on any atom is -0.325 e. The monoisotopic (exact) mass is 317 g/mol. The highest BCUT2D eigenvalue weighted by molar-refractivity contribution is 8.01. The van der Waals surface area contributed by atoms with Crippen LogP contribution in [0, 0.1) is 5.92 Å². The number of carbonyl (C=O) groups excluding carboxylic acids is 1. The summed E-state index contributed by atoms with van der Waals surface area (Å²) in [5, 5.41) is -0.353. The summed E-state index contributed by atoms with van der Waals surface area (Å²) in [7, 11) is 0. The normalized spacial score (nSPS) is 23.2. The predicted octanol–water partition coefficient (Wildman–Crippen LogP) is 4.32. The minimum atomic E-state index is -4.33. The molecule has 21 heavy (non-hydrogen) atoms. The largest absolute Gasteiger partial charge is 0.416 e. The standard InChI is InChI=1S/C15H18F3NOS/c1-9(2)8-19-13(20)10(3)21-14(19)11-4-6-12(7-5-11)15(16,17)18/h4-7,9-10,14H,8H2,1-3H3. The molecule has 2 atom stereocenters. The number of carbonyl (C=O) groups is 1. The summed E-state index contributed by atoms with van der Waals surface area (Å²) in [4.78, 5) is 13.9. The van der Waals surface area contributed by atoms with Crippen molar-refractivity contribution in [1.29, 1.82) is 0 Å². The Kier molecular flexibility index (Phi) is 4.56. The Morgan fingerprint density at radius 1 is 1.24 bits per heavy atom. The van der Waals surface area contributed by atoms with Gasteiger partial charge in [0.05, 0.1) is 10.8 Å². The molecule has 2 rings (SSSR count). The molecule has 2 nitrogen and oxygen atoms in total. The molecular formula is C15H18F3NOS. The number of halogens is 3. The molecule has 1 aliphatic rings. The molecule has 0 aliphatic carbocycles. The Bertz CT molecular complexity index is 513. The van der Waals surface area contributed by atoms with Gasteiger partial charge in [-0.2, -0.15) is 13.2 Å². The second-order valence-corrected chi connectivity index (χ2v) is 7.06. The van der Waals surface area contributed by atoms with Crippen molar-refractivity contribution in [3.63, 3.8) is 0 Å². The van der Waals surface area contributed by atoms with E-state index < -0.39 is 11.7 Å². The molecule has 1 aromatic carbocycles. The fourth-order valence-electron chi connectivity index (χ4n) is 2.35. The summed E-state index contributed by atoms with van der Waals surface area (Å²) in [6, 6.07) is 5.10. The van der Waals surface area contributed by atoms with E-state index in [1.54, 1.807) is 4.90 Å². The summed E-state index contributed by atoms with van der Waals surface area (Å²) in [5.41, 5.74) is 0.0791. The zero-order valence-corrected chi connectivity index (χ0v) is 13.0. The number of thioether (sulfide) groups is 1. The van der Waals surface area contributed by atoms with Gasteiger partial charge in [-0.1, -0.05) is 26.0 Å². The van der Waals surface area contributed by atoms with Crippen LogP contribution in [0.5, 0.6) is 0 Å². The molecule has 1 saturated heterocycles. The van der Waals surface area contributed by atoms with Gasteiger partial charge in [-0.15, -0.1) is 11.8 Å². The molecule has 116 valence electrons. The highest BCUT2D eigenvalue weighted by Gasteiger charge is 2.39. The van der Waals surface area contributed by atoms with Crippen LogP contribution >= 0.6 is 11.8 Å². The Morgan fingerprint density at radius 2 is 1.81 bits per heavy atom. The van der Waals surface area contributed by atoms with Crippen LogP contribution < -0.4 is 0 Å². The third-order valence-electron chi connectivity index (χ3n) is 3.33. The minimum absolute atomic E-state index is 0.0543. The lowest BCUT2D eigenvalue weighted by Gasteiger charge is -2.26. The molecule has 0 N–H and O–H groups in total. The van der Waals surface area contributed by atoms with Gasteiger partial charge in [0.15, 0.2) is 0 Å². The zero-order chi connectivity index (χ0) is 15.8. The lowest BCUT2D eigenvalue weighted by Crippen LogP contribution is -2.33. The third kappa shape index (κ3) is 3.54. The Balaban J connectivity index is 2.25. The van der Waals surface area contributed by atoms with Crippen molar-refractivity contribution >= 4 is 17.7 Å². The highest BCUT2D eigenvalue weighted by atomic mass is 32.2. The number of benzene rings is 1. The van der Waals surface area contributed by atoms with E-state index in [1.165, 1.54) is 23.9 Å². The summed E-state index contributed by atoms with van der Waals surface area (Å²) >= 11 is 1.49. The molecule has 1 fully saturated rings. The first-order chi connectivity index (χ1) is 9.70. The maximum Gasteiger partial charge on any atom is 0.416 e. The van der Waals surface area contributed by atoms with Crippen LogP contribution in [0.4, 0.5) is 13.2 Å². The van der Waals surface area contributed by atoms with E-state index in [9.17, 15) is 18.0 Å². The zero-order valence-electron chi connectivity index (χ0n) is 12.1.